The first kappa shape index (κ1) is 17.1. The van der Waals surface area contributed by atoms with Gasteiger partial charge in [-0.1, -0.05) is 0 Å². The molecular formula is C13H18F3N3O2. The van der Waals surface area contributed by atoms with Crippen molar-refractivity contribution in [1.29, 1.82) is 0 Å². The zero-order valence-corrected chi connectivity index (χ0v) is 11.6. The van der Waals surface area contributed by atoms with Crippen LogP contribution in [0.3, 0.4) is 0 Å². The van der Waals surface area contributed by atoms with E-state index in [4.69, 9.17) is 5.73 Å². The molecule has 0 spiro atoms. The topological polar surface area (TPSA) is 76.4 Å². The normalized spacial score (nSPS) is 11.2. The van der Waals surface area contributed by atoms with Crippen LogP contribution >= 0.6 is 0 Å². The van der Waals surface area contributed by atoms with E-state index >= 15 is 0 Å². The summed E-state index contributed by atoms with van der Waals surface area (Å²) in [7, 11) is 0. The summed E-state index contributed by atoms with van der Waals surface area (Å²) in [4.78, 5) is 11.8. The number of anilines is 2. The van der Waals surface area contributed by atoms with Gasteiger partial charge in [-0.05, 0) is 25.1 Å². The maximum atomic E-state index is 11.9. The molecule has 8 heteroatoms. The van der Waals surface area contributed by atoms with Crippen LogP contribution in [0, 0.1) is 0 Å². The molecule has 0 radical (unpaired) electrons. The number of hydrogen-bond acceptors (Lipinski definition) is 4. The zero-order valence-electron chi connectivity index (χ0n) is 11.6. The molecule has 0 saturated heterocycles. The minimum atomic E-state index is -4.34. The van der Waals surface area contributed by atoms with Gasteiger partial charge in [0.15, 0.2) is 0 Å². The Bertz CT molecular complexity index is 478. The number of carbonyl (C=O) groups is 1. The first-order valence-corrected chi connectivity index (χ1v) is 6.39. The summed E-state index contributed by atoms with van der Waals surface area (Å²) >= 11 is 0. The third-order valence-corrected chi connectivity index (χ3v) is 2.45. The number of nitrogen functional groups attached to an aromatic ring is 1. The standard InChI is InChI=1S/C13H18F3N3O2/c1-2-18-12(20)10-4-3-9(17)7-11(10)19-5-6-21-8-13(14,15)16/h3-4,7,19H,2,5-6,8,17H2,1H3,(H,18,20). The smallest absolute Gasteiger partial charge is 0.399 e. The Morgan fingerprint density at radius 1 is 1.38 bits per heavy atom. The van der Waals surface area contributed by atoms with Crippen LogP contribution in [-0.4, -0.2) is 38.4 Å². The molecule has 4 N–H and O–H groups in total. The lowest BCUT2D eigenvalue weighted by molar-refractivity contribution is -0.172. The molecule has 1 aromatic rings. The van der Waals surface area contributed by atoms with Crippen LogP contribution in [0.15, 0.2) is 18.2 Å². The number of ether oxygens (including phenoxy) is 1. The predicted molar refractivity (Wildman–Crippen MR) is 74.2 cm³/mol. The number of carbonyl (C=O) groups excluding carboxylic acids is 1. The van der Waals surface area contributed by atoms with E-state index < -0.39 is 12.8 Å². The van der Waals surface area contributed by atoms with Gasteiger partial charge in [-0.25, -0.2) is 0 Å². The highest BCUT2D eigenvalue weighted by molar-refractivity contribution is 6.00. The molecule has 0 atom stereocenters. The molecule has 0 saturated carbocycles. The monoisotopic (exact) mass is 305 g/mol. The van der Waals surface area contributed by atoms with Gasteiger partial charge < -0.3 is 21.1 Å². The maximum Gasteiger partial charge on any atom is 0.411 e. The van der Waals surface area contributed by atoms with Gasteiger partial charge in [0.05, 0.1) is 12.2 Å². The molecule has 0 fully saturated rings. The van der Waals surface area contributed by atoms with E-state index in [1.807, 2.05) is 0 Å². The van der Waals surface area contributed by atoms with Crippen molar-refractivity contribution in [2.45, 2.75) is 13.1 Å². The van der Waals surface area contributed by atoms with Crippen LogP contribution in [0.2, 0.25) is 0 Å². The minimum Gasteiger partial charge on any atom is -0.399 e. The molecule has 0 aliphatic carbocycles. The van der Waals surface area contributed by atoms with Gasteiger partial charge in [-0.15, -0.1) is 0 Å². The number of nitrogens with two attached hydrogens (primary N) is 1. The lowest BCUT2D eigenvalue weighted by atomic mass is 10.1. The van der Waals surface area contributed by atoms with Gasteiger partial charge in [0.25, 0.3) is 5.91 Å². The van der Waals surface area contributed by atoms with Crippen LogP contribution in [0.1, 0.15) is 17.3 Å². The van der Waals surface area contributed by atoms with E-state index in [9.17, 15) is 18.0 Å². The molecule has 0 aromatic heterocycles. The quantitative estimate of drug-likeness (QED) is 0.532. The fourth-order valence-electron chi connectivity index (χ4n) is 1.61. The predicted octanol–water partition coefficient (Wildman–Crippen LogP) is 2.01. The third kappa shape index (κ3) is 6.35. The van der Waals surface area contributed by atoms with Gasteiger partial charge in [-0.2, -0.15) is 13.2 Å². The van der Waals surface area contributed by atoms with Crippen molar-refractivity contribution >= 4 is 17.3 Å². The molecule has 0 aliphatic heterocycles. The van der Waals surface area contributed by atoms with Crippen LogP contribution in [0.25, 0.3) is 0 Å². The minimum absolute atomic E-state index is 0.131. The van der Waals surface area contributed by atoms with Crippen LogP contribution < -0.4 is 16.4 Å². The molecule has 0 bridgehead atoms. The first-order chi connectivity index (χ1) is 9.83. The van der Waals surface area contributed by atoms with Crippen LogP contribution in [0.5, 0.6) is 0 Å². The van der Waals surface area contributed by atoms with Gasteiger partial charge in [0.2, 0.25) is 0 Å². The van der Waals surface area contributed by atoms with E-state index in [0.717, 1.165) is 0 Å². The molecular weight excluding hydrogens is 287 g/mol. The second-order valence-corrected chi connectivity index (χ2v) is 4.26. The zero-order chi connectivity index (χ0) is 15.9. The molecule has 5 nitrogen and oxygen atoms in total. The number of rotatable bonds is 7. The fourth-order valence-corrected chi connectivity index (χ4v) is 1.61. The summed E-state index contributed by atoms with van der Waals surface area (Å²) < 4.78 is 40.2. The lowest BCUT2D eigenvalue weighted by Gasteiger charge is -2.13. The summed E-state index contributed by atoms with van der Waals surface area (Å²) in [6, 6.07) is 4.68. The second kappa shape index (κ2) is 7.72. The van der Waals surface area contributed by atoms with Gasteiger partial charge >= 0.3 is 6.18 Å². The first-order valence-electron chi connectivity index (χ1n) is 6.39. The van der Waals surface area contributed by atoms with E-state index in [0.29, 0.717) is 23.5 Å². The number of amides is 1. The molecule has 0 aliphatic rings. The van der Waals surface area contributed by atoms with E-state index in [2.05, 4.69) is 15.4 Å². The third-order valence-electron chi connectivity index (χ3n) is 2.45. The highest BCUT2D eigenvalue weighted by Crippen LogP contribution is 2.19. The SMILES string of the molecule is CCNC(=O)c1ccc(N)cc1NCCOCC(F)(F)F. The molecule has 21 heavy (non-hydrogen) atoms. The molecule has 0 heterocycles. The number of nitrogens with one attached hydrogen (secondary N) is 2. The molecule has 1 rings (SSSR count). The van der Waals surface area contributed by atoms with Crippen molar-refractivity contribution in [2.24, 2.45) is 0 Å². The van der Waals surface area contributed by atoms with Gasteiger partial charge in [-0.3, -0.25) is 4.79 Å². The summed E-state index contributed by atoms with van der Waals surface area (Å²) in [5, 5.41) is 5.49. The van der Waals surface area contributed by atoms with Crippen LogP contribution in [-0.2, 0) is 4.74 Å². The Hall–Kier alpha value is -1.96. The summed E-state index contributed by atoms with van der Waals surface area (Å²) in [6.45, 7) is 0.953. The number of alkyl halides is 3. The average Bonchev–Trinajstić information content (AvgIpc) is 2.37. The highest BCUT2D eigenvalue weighted by Gasteiger charge is 2.27. The average molecular weight is 305 g/mol. The number of benzene rings is 1. The highest BCUT2D eigenvalue weighted by atomic mass is 19.4. The molecule has 118 valence electrons. The lowest BCUT2D eigenvalue weighted by Crippen LogP contribution is -2.25. The Morgan fingerprint density at radius 3 is 2.71 bits per heavy atom. The van der Waals surface area contributed by atoms with E-state index in [-0.39, 0.29) is 19.1 Å². The van der Waals surface area contributed by atoms with Crippen LogP contribution in [0.4, 0.5) is 24.5 Å². The second-order valence-electron chi connectivity index (χ2n) is 4.26. The van der Waals surface area contributed by atoms with Crippen molar-refractivity contribution in [2.75, 3.05) is 37.4 Å². The van der Waals surface area contributed by atoms with Crippen molar-refractivity contribution in [3.8, 4) is 0 Å². The summed E-state index contributed by atoms with van der Waals surface area (Å²) in [6.07, 6.45) is -4.34. The van der Waals surface area contributed by atoms with Crippen molar-refractivity contribution in [1.82, 2.24) is 5.32 Å². The number of halogens is 3. The summed E-state index contributed by atoms with van der Waals surface area (Å²) in [5.41, 5.74) is 6.92. The molecule has 0 unspecified atom stereocenters. The Labute approximate surface area is 120 Å². The Kier molecular flexibility index (Phi) is 6.29. The Morgan fingerprint density at radius 2 is 2.10 bits per heavy atom. The number of hydrogen-bond donors (Lipinski definition) is 3. The van der Waals surface area contributed by atoms with E-state index in [1.165, 1.54) is 0 Å². The van der Waals surface area contributed by atoms with Gasteiger partial charge in [0, 0.05) is 24.5 Å². The van der Waals surface area contributed by atoms with Gasteiger partial charge in [0.1, 0.15) is 6.61 Å². The van der Waals surface area contributed by atoms with E-state index in [1.54, 1.807) is 25.1 Å². The van der Waals surface area contributed by atoms with Crippen molar-refractivity contribution in [3.05, 3.63) is 23.8 Å². The maximum absolute atomic E-state index is 11.9. The fraction of sp³-hybridized carbons (Fsp3) is 0.462. The molecule has 1 aromatic carbocycles. The van der Waals surface area contributed by atoms with Crippen molar-refractivity contribution < 1.29 is 22.7 Å². The Balaban J connectivity index is 2.57. The largest absolute Gasteiger partial charge is 0.411 e. The summed E-state index contributed by atoms with van der Waals surface area (Å²) in [5.74, 6) is -0.281. The molecule has 1 amide bonds. The van der Waals surface area contributed by atoms with Crippen molar-refractivity contribution in [3.63, 3.8) is 0 Å².